The second kappa shape index (κ2) is 6.21. The number of dihydropyridines is 1. The molecule has 0 aromatic carbocycles. The van der Waals surface area contributed by atoms with Crippen molar-refractivity contribution < 1.29 is 14.4 Å². The number of amidine groups is 1. The lowest BCUT2D eigenvalue weighted by atomic mass is 10.0. The number of aromatic nitrogens is 1. The number of aliphatic imine (C=N–C) groups is 2. The van der Waals surface area contributed by atoms with Crippen LogP contribution in [0.4, 0.5) is 4.79 Å². The highest BCUT2D eigenvalue weighted by Crippen LogP contribution is 2.18. The molecule has 0 saturated carbocycles. The van der Waals surface area contributed by atoms with Crippen LogP contribution in [0, 0.1) is 12.8 Å². The second-order valence-electron chi connectivity index (χ2n) is 4.89. The largest absolute Gasteiger partial charge is 0.352 e. The van der Waals surface area contributed by atoms with Crippen LogP contribution in [0.1, 0.15) is 15.5 Å². The van der Waals surface area contributed by atoms with Crippen molar-refractivity contribution in [3.63, 3.8) is 0 Å². The Bertz CT molecular complexity index is 764. The van der Waals surface area contributed by atoms with Crippen molar-refractivity contribution in [3.8, 4) is 0 Å². The van der Waals surface area contributed by atoms with E-state index in [9.17, 15) is 14.4 Å². The van der Waals surface area contributed by atoms with Gasteiger partial charge in [-0.1, -0.05) is 6.08 Å². The molecule has 1 atom stereocenters. The Balaban J connectivity index is 1.60. The maximum atomic E-state index is 12.3. The van der Waals surface area contributed by atoms with E-state index in [4.69, 9.17) is 0 Å². The summed E-state index contributed by atoms with van der Waals surface area (Å²) in [4.78, 5) is 48.9. The average Bonchev–Trinajstić information content (AvgIpc) is 2.97. The number of nitrogens with zero attached hydrogens (tertiary/aromatic N) is 4. The lowest BCUT2D eigenvalue weighted by Gasteiger charge is -2.27. The maximum Gasteiger partial charge on any atom is 0.352 e. The highest BCUT2D eigenvalue weighted by atomic mass is 32.1. The number of allylic oxidation sites excluding steroid dienone is 1. The number of fused-ring (bicyclic) bond motifs is 1. The molecular weight excluding hydrogens is 318 g/mol. The molecule has 4 amide bonds. The van der Waals surface area contributed by atoms with Gasteiger partial charge in [-0.2, -0.15) is 4.99 Å². The minimum atomic E-state index is -0.660. The average molecular weight is 331 g/mol. The molecular formula is C14H13N5O3S. The minimum Gasteiger partial charge on any atom is -0.349 e. The number of rotatable bonds is 4. The monoisotopic (exact) mass is 331 g/mol. The number of urea groups is 1. The number of carbonyl (C=O) groups is 3. The Morgan fingerprint density at radius 3 is 3.00 bits per heavy atom. The molecule has 3 heterocycles. The van der Waals surface area contributed by atoms with Crippen molar-refractivity contribution in [1.82, 2.24) is 15.2 Å². The standard InChI is InChI=1S/C14H13N5O3S/c1-8-17-10(7-23-8)12(20)16-5-6-19-13(21)9-3-2-4-15-11(9)18-14(19)22/h2-4,7,9H,5-6H2,1H3,(H,16,20). The molecule has 9 heteroatoms. The van der Waals surface area contributed by atoms with Crippen LogP contribution < -0.4 is 5.32 Å². The van der Waals surface area contributed by atoms with Gasteiger partial charge in [-0.15, -0.1) is 11.3 Å². The van der Waals surface area contributed by atoms with Crippen LogP contribution in [0.25, 0.3) is 0 Å². The van der Waals surface area contributed by atoms with Crippen LogP contribution in [0.2, 0.25) is 0 Å². The van der Waals surface area contributed by atoms with Gasteiger partial charge in [0.2, 0.25) is 5.91 Å². The third-order valence-electron chi connectivity index (χ3n) is 3.32. The quantitative estimate of drug-likeness (QED) is 0.881. The van der Waals surface area contributed by atoms with Crippen molar-refractivity contribution in [3.05, 3.63) is 28.2 Å². The Morgan fingerprint density at radius 2 is 2.26 bits per heavy atom. The van der Waals surface area contributed by atoms with Gasteiger partial charge in [0.25, 0.3) is 5.91 Å². The smallest absolute Gasteiger partial charge is 0.349 e. The molecule has 0 spiro atoms. The molecule has 2 aliphatic rings. The lowest BCUT2D eigenvalue weighted by Crippen LogP contribution is -2.48. The van der Waals surface area contributed by atoms with Gasteiger partial charge in [0.1, 0.15) is 17.4 Å². The first-order chi connectivity index (χ1) is 11.1. The van der Waals surface area contributed by atoms with Crippen molar-refractivity contribution in [2.24, 2.45) is 15.9 Å². The molecule has 1 N–H and O–H groups in total. The summed E-state index contributed by atoms with van der Waals surface area (Å²) in [5.41, 5.74) is 0.327. The molecule has 1 aromatic heterocycles. The number of aryl methyl sites for hydroxylation is 1. The summed E-state index contributed by atoms with van der Waals surface area (Å²) in [5, 5.41) is 5.09. The Kier molecular flexibility index (Phi) is 4.11. The fraction of sp³-hybridized carbons (Fsp3) is 0.286. The number of thiazole rings is 1. The van der Waals surface area contributed by atoms with E-state index in [0.717, 1.165) is 9.91 Å². The number of amides is 4. The highest BCUT2D eigenvalue weighted by molar-refractivity contribution is 7.09. The van der Waals surface area contributed by atoms with E-state index in [1.54, 1.807) is 17.5 Å². The molecule has 8 nitrogen and oxygen atoms in total. The van der Waals surface area contributed by atoms with E-state index in [1.165, 1.54) is 17.6 Å². The first-order valence-electron chi connectivity index (χ1n) is 6.91. The summed E-state index contributed by atoms with van der Waals surface area (Å²) < 4.78 is 0. The van der Waals surface area contributed by atoms with E-state index in [2.05, 4.69) is 20.3 Å². The summed E-state index contributed by atoms with van der Waals surface area (Å²) in [6.07, 6.45) is 4.77. The predicted molar refractivity (Wildman–Crippen MR) is 84.9 cm³/mol. The van der Waals surface area contributed by atoms with Gasteiger partial charge in [0.15, 0.2) is 0 Å². The SMILES string of the molecule is Cc1nc(C(=O)NCCN2C(=O)N=C3N=CC=CC3C2=O)cs1. The molecule has 23 heavy (non-hydrogen) atoms. The van der Waals surface area contributed by atoms with Crippen LogP contribution in [-0.2, 0) is 4.79 Å². The molecule has 0 fully saturated rings. The van der Waals surface area contributed by atoms with E-state index in [1.807, 2.05) is 6.92 Å². The zero-order chi connectivity index (χ0) is 16.4. The first-order valence-corrected chi connectivity index (χ1v) is 7.79. The molecule has 1 unspecified atom stereocenters. The van der Waals surface area contributed by atoms with Crippen LogP contribution in [0.5, 0.6) is 0 Å². The molecule has 1 aromatic rings. The van der Waals surface area contributed by atoms with Gasteiger partial charge in [-0.3, -0.25) is 14.5 Å². The summed E-state index contributed by atoms with van der Waals surface area (Å²) in [6, 6.07) is -0.660. The Morgan fingerprint density at radius 1 is 1.43 bits per heavy atom. The van der Waals surface area contributed by atoms with Gasteiger partial charge >= 0.3 is 6.03 Å². The van der Waals surface area contributed by atoms with Gasteiger partial charge in [-0.25, -0.2) is 14.8 Å². The molecule has 0 aliphatic carbocycles. The van der Waals surface area contributed by atoms with Crippen LogP contribution >= 0.6 is 11.3 Å². The molecule has 0 radical (unpaired) electrons. The maximum absolute atomic E-state index is 12.3. The van der Waals surface area contributed by atoms with Crippen LogP contribution in [0.15, 0.2) is 27.5 Å². The lowest BCUT2D eigenvalue weighted by molar-refractivity contribution is -0.129. The molecule has 0 bridgehead atoms. The molecule has 3 rings (SSSR count). The molecule has 118 valence electrons. The van der Waals surface area contributed by atoms with Gasteiger partial charge in [0.05, 0.1) is 5.01 Å². The number of carbonyl (C=O) groups excluding carboxylic acids is 3. The third kappa shape index (κ3) is 3.09. The van der Waals surface area contributed by atoms with Gasteiger partial charge in [0, 0.05) is 24.7 Å². The van der Waals surface area contributed by atoms with Crippen molar-refractivity contribution >= 4 is 41.2 Å². The Hall–Kier alpha value is -2.68. The van der Waals surface area contributed by atoms with E-state index in [-0.39, 0.29) is 30.7 Å². The fourth-order valence-electron chi connectivity index (χ4n) is 2.20. The van der Waals surface area contributed by atoms with Gasteiger partial charge < -0.3 is 5.32 Å². The molecule has 2 aliphatic heterocycles. The number of nitrogens with one attached hydrogen (secondary N) is 1. The third-order valence-corrected chi connectivity index (χ3v) is 4.09. The fourth-order valence-corrected chi connectivity index (χ4v) is 2.80. The zero-order valence-electron chi connectivity index (χ0n) is 12.2. The predicted octanol–water partition coefficient (Wildman–Crippen LogP) is 0.799. The Labute approximate surface area is 135 Å². The van der Waals surface area contributed by atoms with Crippen LogP contribution in [0.3, 0.4) is 0 Å². The number of hydrogen-bond donors (Lipinski definition) is 1. The topological polar surface area (TPSA) is 104 Å². The first kappa shape index (κ1) is 15.2. The van der Waals surface area contributed by atoms with E-state index < -0.39 is 11.9 Å². The second-order valence-corrected chi connectivity index (χ2v) is 5.95. The normalized spacial score (nSPS) is 19.6. The van der Waals surface area contributed by atoms with Crippen molar-refractivity contribution in [2.45, 2.75) is 6.92 Å². The minimum absolute atomic E-state index is 0.0529. The summed E-state index contributed by atoms with van der Waals surface area (Å²) in [7, 11) is 0. The zero-order valence-corrected chi connectivity index (χ0v) is 13.0. The van der Waals surface area contributed by atoms with Crippen LogP contribution in [-0.4, -0.2) is 52.9 Å². The van der Waals surface area contributed by atoms with E-state index in [0.29, 0.717) is 5.69 Å². The van der Waals surface area contributed by atoms with E-state index >= 15 is 0 Å². The highest BCUT2D eigenvalue weighted by Gasteiger charge is 2.36. The summed E-state index contributed by atoms with van der Waals surface area (Å²) in [6.45, 7) is 2.00. The summed E-state index contributed by atoms with van der Waals surface area (Å²) in [5.74, 6) is -1.14. The van der Waals surface area contributed by atoms with Crippen molar-refractivity contribution in [1.29, 1.82) is 0 Å². The molecule has 0 saturated heterocycles. The number of imide groups is 1. The number of hydrogen-bond acceptors (Lipinski definition) is 6. The van der Waals surface area contributed by atoms with Gasteiger partial charge in [-0.05, 0) is 13.0 Å². The summed E-state index contributed by atoms with van der Waals surface area (Å²) >= 11 is 1.38. The van der Waals surface area contributed by atoms with Crippen molar-refractivity contribution in [2.75, 3.05) is 13.1 Å².